The van der Waals surface area contributed by atoms with E-state index < -0.39 is 0 Å². The number of hydrogen-bond acceptors (Lipinski definition) is 7. The van der Waals surface area contributed by atoms with E-state index in [0.29, 0.717) is 5.95 Å². The van der Waals surface area contributed by atoms with E-state index in [0.717, 1.165) is 49.9 Å². The first kappa shape index (κ1) is 14.7. The molecule has 0 atom stereocenters. The average molecular weight is 324 g/mol. The Labute approximate surface area is 140 Å². The lowest BCUT2D eigenvalue weighted by molar-refractivity contribution is 0.641. The van der Waals surface area contributed by atoms with Gasteiger partial charge in [-0.1, -0.05) is 0 Å². The first-order chi connectivity index (χ1) is 11.8. The van der Waals surface area contributed by atoms with Gasteiger partial charge in [-0.25, -0.2) is 14.5 Å². The van der Waals surface area contributed by atoms with Crippen molar-refractivity contribution in [1.29, 1.82) is 0 Å². The molecule has 4 heterocycles. The fourth-order valence-electron chi connectivity index (χ4n) is 3.00. The van der Waals surface area contributed by atoms with E-state index in [1.165, 1.54) is 0 Å². The predicted molar refractivity (Wildman–Crippen MR) is 93.6 cm³/mol. The summed E-state index contributed by atoms with van der Waals surface area (Å²) in [7, 11) is 0. The molecule has 124 valence electrons. The third-order valence-electron chi connectivity index (χ3n) is 4.18. The normalized spacial score (nSPS) is 15.0. The van der Waals surface area contributed by atoms with E-state index in [1.807, 2.05) is 29.8 Å². The number of nitrogens with one attached hydrogen (secondary N) is 1. The minimum absolute atomic E-state index is 0.683. The molecular weight excluding hydrogens is 304 g/mol. The minimum Gasteiger partial charge on any atom is -0.354 e. The van der Waals surface area contributed by atoms with Crippen molar-refractivity contribution >= 4 is 23.1 Å². The van der Waals surface area contributed by atoms with E-state index in [4.69, 9.17) is 0 Å². The van der Waals surface area contributed by atoms with Gasteiger partial charge in [0.1, 0.15) is 11.3 Å². The molecule has 3 aromatic rings. The van der Waals surface area contributed by atoms with Gasteiger partial charge in [0.05, 0.1) is 6.20 Å². The highest BCUT2D eigenvalue weighted by atomic mass is 15.3. The Balaban J connectivity index is 1.49. The monoisotopic (exact) mass is 324 g/mol. The molecule has 3 aromatic heterocycles. The van der Waals surface area contributed by atoms with Crippen LogP contribution in [0.2, 0.25) is 0 Å². The number of piperazine rings is 1. The van der Waals surface area contributed by atoms with Crippen molar-refractivity contribution in [2.24, 2.45) is 0 Å². The highest BCUT2D eigenvalue weighted by Crippen LogP contribution is 2.21. The van der Waals surface area contributed by atoms with Gasteiger partial charge in [-0.15, -0.1) is 0 Å². The Morgan fingerprint density at radius 2 is 1.83 bits per heavy atom. The Bertz CT molecular complexity index is 822. The van der Waals surface area contributed by atoms with E-state index in [-0.39, 0.29) is 0 Å². The standard InChI is InChI=1S/C16H20N8/c1-2-17-16-19-5-4-14(21-16)22-9-11-23(12-10-22)15-13-3-6-20-24(13)8-7-18-15/h3-8H,2,9-12H2,1H3,(H,17,19,21). The molecule has 1 saturated heterocycles. The van der Waals surface area contributed by atoms with Gasteiger partial charge < -0.3 is 15.1 Å². The lowest BCUT2D eigenvalue weighted by Crippen LogP contribution is -2.47. The van der Waals surface area contributed by atoms with Crippen molar-refractivity contribution in [1.82, 2.24) is 24.6 Å². The van der Waals surface area contributed by atoms with Crippen LogP contribution in [0.25, 0.3) is 5.52 Å². The summed E-state index contributed by atoms with van der Waals surface area (Å²) in [6.45, 7) is 6.47. The summed E-state index contributed by atoms with van der Waals surface area (Å²) >= 11 is 0. The van der Waals surface area contributed by atoms with Gasteiger partial charge in [0.15, 0.2) is 5.82 Å². The van der Waals surface area contributed by atoms with Crippen LogP contribution in [-0.2, 0) is 0 Å². The fourth-order valence-corrected chi connectivity index (χ4v) is 3.00. The smallest absolute Gasteiger partial charge is 0.224 e. The van der Waals surface area contributed by atoms with Gasteiger partial charge in [-0.05, 0) is 19.1 Å². The van der Waals surface area contributed by atoms with Crippen molar-refractivity contribution in [2.45, 2.75) is 6.92 Å². The molecule has 0 radical (unpaired) electrons. The topological polar surface area (TPSA) is 74.5 Å². The predicted octanol–water partition coefficient (Wildman–Crippen LogP) is 1.28. The molecule has 1 aliphatic rings. The molecule has 8 heteroatoms. The highest BCUT2D eigenvalue weighted by Gasteiger charge is 2.21. The van der Waals surface area contributed by atoms with Gasteiger partial charge >= 0.3 is 0 Å². The van der Waals surface area contributed by atoms with Crippen molar-refractivity contribution in [3.05, 3.63) is 36.9 Å². The van der Waals surface area contributed by atoms with Crippen molar-refractivity contribution in [3.63, 3.8) is 0 Å². The molecule has 0 aliphatic carbocycles. The maximum atomic E-state index is 4.58. The van der Waals surface area contributed by atoms with Gasteiger partial charge in [-0.2, -0.15) is 10.1 Å². The van der Waals surface area contributed by atoms with Crippen LogP contribution in [-0.4, -0.2) is 57.3 Å². The maximum absolute atomic E-state index is 4.58. The van der Waals surface area contributed by atoms with Crippen LogP contribution in [0.4, 0.5) is 17.6 Å². The molecule has 1 fully saturated rings. The van der Waals surface area contributed by atoms with E-state index in [1.54, 1.807) is 18.6 Å². The summed E-state index contributed by atoms with van der Waals surface area (Å²) in [5, 5.41) is 7.44. The van der Waals surface area contributed by atoms with Crippen LogP contribution in [0.15, 0.2) is 36.9 Å². The van der Waals surface area contributed by atoms with Crippen LogP contribution in [0.1, 0.15) is 6.92 Å². The number of rotatable bonds is 4. The molecule has 4 rings (SSSR count). The summed E-state index contributed by atoms with van der Waals surface area (Å²) in [5.41, 5.74) is 1.04. The van der Waals surface area contributed by atoms with Crippen molar-refractivity contribution in [3.8, 4) is 0 Å². The summed E-state index contributed by atoms with van der Waals surface area (Å²) in [5.74, 6) is 2.64. The molecule has 8 nitrogen and oxygen atoms in total. The number of fused-ring (bicyclic) bond motifs is 1. The quantitative estimate of drug-likeness (QED) is 0.775. The van der Waals surface area contributed by atoms with Gasteiger partial charge in [0.25, 0.3) is 0 Å². The minimum atomic E-state index is 0.683. The van der Waals surface area contributed by atoms with Crippen LogP contribution in [0, 0.1) is 0 Å². The Morgan fingerprint density at radius 3 is 2.67 bits per heavy atom. The summed E-state index contributed by atoms with van der Waals surface area (Å²) in [4.78, 5) is 18.0. The third kappa shape index (κ3) is 2.70. The zero-order valence-electron chi connectivity index (χ0n) is 13.6. The lowest BCUT2D eigenvalue weighted by Gasteiger charge is -2.36. The third-order valence-corrected chi connectivity index (χ3v) is 4.18. The number of nitrogens with zero attached hydrogens (tertiary/aromatic N) is 7. The largest absolute Gasteiger partial charge is 0.354 e. The second-order valence-corrected chi connectivity index (χ2v) is 5.65. The van der Waals surface area contributed by atoms with Gasteiger partial charge in [0.2, 0.25) is 5.95 Å². The molecule has 24 heavy (non-hydrogen) atoms. The molecule has 0 aromatic carbocycles. The van der Waals surface area contributed by atoms with Crippen LogP contribution in [0.3, 0.4) is 0 Å². The maximum Gasteiger partial charge on any atom is 0.224 e. The Kier molecular flexibility index (Phi) is 3.86. The molecule has 1 N–H and O–H groups in total. The molecule has 1 aliphatic heterocycles. The van der Waals surface area contributed by atoms with Crippen LogP contribution in [0.5, 0.6) is 0 Å². The first-order valence-electron chi connectivity index (χ1n) is 8.20. The van der Waals surface area contributed by atoms with Crippen molar-refractivity contribution < 1.29 is 0 Å². The highest BCUT2D eigenvalue weighted by molar-refractivity contribution is 5.68. The second kappa shape index (κ2) is 6.31. The summed E-state index contributed by atoms with van der Waals surface area (Å²) in [6, 6.07) is 3.97. The number of anilines is 3. The van der Waals surface area contributed by atoms with E-state index in [2.05, 4.69) is 35.2 Å². The van der Waals surface area contributed by atoms with Crippen molar-refractivity contribution in [2.75, 3.05) is 47.8 Å². The summed E-state index contributed by atoms with van der Waals surface area (Å²) < 4.78 is 1.86. The molecule has 0 saturated carbocycles. The number of hydrogen-bond donors (Lipinski definition) is 1. The Hall–Kier alpha value is -2.90. The van der Waals surface area contributed by atoms with Crippen LogP contribution < -0.4 is 15.1 Å². The van der Waals surface area contributed by atoms with Gasteiger partial charge in [-0.3, -0.25) is 0 Å². The van der Waals surface area contributed by atoms with Gasteiger partial charge in [0, 0.05) is 51.3 Å². The molecule has 0 spiro atoms. The van der Waals surface area contributed by atoms with E-state index in [9.17, 15) is 0 Å². The number of aromatic nitrogens is 5. The molecule has 0 unspecified atom stereocenters. The molecular formula is C16H20N8. The fraction of sp³-hybridized carbons (Fsp3) is 0.375. The summed E-state index contributed by atoms with van der Waals surface area (Å²) in [6.07, 6.45) is 7.29. The first-order valence-corrected chi connectivity index (χ1v) is 8.20. The zero-order valence-corrected chi connectivity index (χ0v) is 13.6. The molecule has 0 bridgehead atoms. The zero-order chi connectivity index (χ0) is 16.4. The SMILES string of the molecule is CCNc1nccc(N2CCN(c3nccn4nccc34)CC2)n1. The second-order valence-electron chi connectivity index (χ2n) is 5.65. The molecule has 0 amide bonds. The average Bonchev–Trinajstić information content (AvgIpc) is 3.11. The lowest BCUT2D eigenvalue weighted by atomic mass is 10.3. The van der Waals surface area contributed by atoms with E-state index >= 15 is 0 Å². The Morgan fingerprint density at radius 1 is 1.00 bits per heavy atom. The van der Waals surface area contributed by atoms with Crippen LogP contribution >= 0.6 is 0 Å².